The molecule has 5 rings (SSSR count). The van der Waals surface area contributed by atoms with Gasteiger partial charge in [-0.25, -0.2) is 13.8 Å². The molecular weight excluding hydrogens is 593 g/mol. The number of nitrogens with zero attached hydrogens (tertiary/aromatic N) is 5. The van der Waals surface area contributed by atoms with Gasteiger partial charge in [0.1, 0.15) is 21.4 Å². The molecule has 1 unspecified atom stereocenters. The van der Waals surface area contributed by atoms with Gasteiger partial charge in [0.2, 0.25) is 5.91 Å². The molecule has 4 aromatic heterocycles. The summed E-state index contributed by atoms with van der Waals surface area (Å²) < 4.78 is 71.0. The van der Waals surface area contributed by atoms with E-state index < -0.39 is 46.9 Å². The van der Waals surface area contributed by atoms with Crippen molar-refractivity contribution in [1.82, 2.24) is 24.5 Å². The van der Waals surface area contributed by atoms with Crippen molar-refractivity contribution < 1.29 is 31.5 Å². The molecule has 0 aliphatic heterocycles. The molecule has 41 heavy (non-hydrogen) atoms. The maximum Gasteiger partial charge on any atom is 0.436 e. The van der Waals surface area contributed by atoms with Crippen LogP contribution in [0.2, 0.25) is 5.02 Å². The maximum atomic E-state index is 13.8. The molecule has 1 aliphatic rings. The summed E-state index contributed by atoms with van der Waals surface area (Å²) in [6.45, 7) is 5.42. The van der Waals surface area contributed by atoms with Crippen molar-refractivity contribution in [2.75, 3.05) is 5.32 Å². The van der Waals surface area contributed by atoms with Gasteiger partial charge in [0, 0.05) is 29.1 Å². The Kier molecular flexibility index (Phi) is 7.30. The number of primary amides is 1. The average molecular weight is 616 g/mol. The van der Waals surface area contributed by atoms with Gasteiger partial charge in [-0.3, -0.25) is 19.0 Å². The Morgan fingerprint density at radius 1 is 1.27 bits per heavy atom. The van der Waals surface area contributed by atoms with E-state index in [2.05, 4.69) is 20.5 Å². The van der Waals surface area contributed by atoms with Crippen molar-refractivity contribution in [2.45, 2.75) is 64.7 Å². The third-order valence-corrected chi connectivity index (χ3v) is 8.41. The maximum absolute atomic E-state index is 13.8. The van der Waals surface area contributed by atoms with Gasteiger partial charge in [-0.2, -0.15) is 23.4 Å². The number of aromatic nitrogens is 5. The van der Waals surface area contributed by atoms with E-state index in [9.17, 15) is 31.5 Å². The van der Waals surface area contributed by atoms with Crippen LogP contribution in [0.4, 0.5) is 27.6 Å². The van der Waals surface area contributed by atoms with Crippen molar-refractivity contribution in [1.29, 1.82) is 0 Å². The number of thiophene rings is 1. The highest BCUT2D eigenvalue weighted by Gasteiger charge is 2.43. The van der Waals surface area contributed by atoms with E-state index >= 15 is 0 Å². The molecule has 0 spiro atoms. The molecule has 218 valence electrons. The first-order valence-electron chi connectivity index (χ1n) is 12.5. The minimum Gasteiger partial charge on any atom is -0.365 e. The Balaban J connectivity index is 1.65. The van der Waals surface area contributed by atoms with E-state index in [0.29, 0.717) is 42.0 Å². The number of carbonyl (C=O) groups excluding carboxylic acids is 2. The smallest absolute Gasteiger partial charge is 0.365 e. The summed E-state index contributed by atoms with van der Waals surface area (Å²) in [5, 5.41) is 10.1. The van der Waals surface area contributed by atoms with E-state index in [0.717, 1.165) is 10.7 Å². The summed E-state index contributed by atoms with van der Waals surface area (Å²) in [4.78, 5) is 29.8. The van der Waals surface area contributed by atoms with Crippen LogP contribution < -0.4 is 11.1 Å². The molecule has 1 fully saturated rings. The topological polar surface area (TPSA) is 121 Å². The summed E-state index contributed by atoms with van der Waals surface area (Å²) in [6.07, 6.45) is -5.13. The molecule has 4 aromatic rings. The molecule has 1 aliphatic carbocycles. The van der Waals surface area contributed by atoms with Crippen molar-refractivity contribution in [3.8, 4) is 11.1 Å². The zero-order chi connectivity index (χ0) is 30.0. The second-order valence-electron chi connectivity index (χ2n) is 9.64. The predicted molar refractivity (Wildman–Crippen MR) is 142 cm³/mol. The fraction of sp³-hybridized carbons (Fsp3) is 0.400. The molecule has 0 radical (unpaired) electrons. The first kappa shape index (κ1) is 28.9. The largest absolute Gasteiger partial charge is 0.436 e. The summed E-state index contributed by atoms with van der Waals surface area (Å²) in [5.74, 6) is -2.07. The number of nitrogens with two attached hydrogens (primary N) is 1. The van der Waals surface area contributed by atoms with Crippen LogP contribution in [0.3, 0.4) is 0 Å². The fourth-order valence-corrected chi connectivity index (χ4v) is 6.13. The SMILES string of the molecule is CCn1ncc(-c2cc(C(F)F)nc3sc(C(N)=O)c(NC(=O)C(C)n4nc(C(F)(F)F)c(Cl)c4C4CC4)c23)c1C. The van der Waals surface area contributed by atoms with Crippen molar-refractivity contribution in [2.24, 2.45) is 5.73 Å². The number of pyridine rings is 1. The van der Waals surface area contributed by atoms with Gasteiger partial charge in [0.05, 0.1) is 22.6 Å². The van der Waals surface area contributed by atoms with Gasteiger partial charge in [0.15, 0.2) is 5.69 Å². The Morgan fingerprint density at radius 3 is 2.49 bits per heavy atom. The Hall–Kier alpha value is -3.59. The number of hydrogen-bond donors (Lipinski definition) is 2. The lowest BCUT2D eigenvalue weighted by Gasteiger charge is -2.17. The highest BCUT2D eigenvalue weighted by Crippen LogP contribution is 2.48. The van der Waals surface area contributed by atoms with Crippen LogP contribution in [0.5, 0.6) is 0 Å². The Morgan fingerprint density at radius 2 is 1.95 bits per heavy atom. The molecule has 3 N–H and O–H groups in total. The van der Waals surface area contributed by atoms with Gasteiger partial charge in [0.25, 0.3) is 12.3 Å². The second kappa shape index (κ2) is 10.4. The van der Waals surface area contributed by atoms with Crippen LogP contribution in [-0.2, 0) is 17.5 Å². The van der Waals surface area contributed by atoms with Crippen LogP contribution in [0.15, 0.2) is 12.3 Å². The number of anilines is 1. The van der Waals surface area contributed by atoms with Crippen LogP contribution in [-0.4, -0.2) is 36.4 Å². The number of nitrogens with one attached hydrogen (secondary N) is 1. The van der Waals surface area contributed by atoms with Gasteiger partial charge in [-0.1, -0.05) is 11.6 Å². The minimum absolute atomic E-state index is 0.0124. The lowest BCUT2D eigenvalue weighted by atomic mass is 10.0. The van der Waals surface area contributed by atoms with Crippen molar-refractivity contribution >= 4 is 50.7 Å². The lowest BCUT2D eigenvalue weighted by molar-refractivity contribution is -0.141. The molecule has 0 aromatic carbocycles. The number of fused-ring (bicyclic) bond motifs is 1. The van der Waals surface area contributed by atoms with Crippen molar-refractivity contribution in [3.63, 3.8) is 0 Å². The monoisotopic (exact) mass is 615 g/mol. The zero-order valence-electron chi connectivity index (χ0n) is 21.8. The number of hydrogen-bond acceptors (Lipinski definition) is 6. The van der Waals surface area contributed by atoms with Gasteiger partial charge < -0.3 is 11.1 Å². The molecular formula is C25H23ClF5N7O2S. The molecule has 1 saturated carbocycles. The van der Waals surface area contributed by atoms with Crippen LogP contribution >= 0.6 is 22.9 Å². The summed E-state index contributed by atoms with van der Waals surface area (Å²) in [5.41, 5.74) is 5.07. The molecule has 0 bridgehead atoms. The van der Waals surface area contributed by atoms with E-state index in [-0.39, 0.29) is 38.0 Å². The highest BCUT2D eigenvalue weighted by molar-refractivity contribution is 7.21. The molecule has 16 heteroatoms. The first-order valence-corrected chi connectivity index (χ1v) is 13.7. The number of halogens is 6. The molecule has 0 saturated heterocycles. The molecule has 1 atom stereocenters. The molecule has 2 amide bonds. The fourth-order valence-electron chi connectivity index (χ4n) is 4.73. The standard InChI is InChI=1S/C25H23ClF5N7O2S/c1-4-37-9(2)13(8-33-37)12-7-14(21(27)28)34-24-15(12)17(19(41-24)22(32)39)35-23(40)10(3)38-18(11-5-6-11)16(26)20(36-38)25(29,30)31/h7-8,10-11,21H,4-6H2,1-3H3,(H2,32,39)(H,35,40). The number of rotatable bonds is 8. The zero-order valence-corrected chi connectivity index (χ0v) is 23.4. The normalized spacial score (nSPS) is 14.7. The third-order valence-electron chi connectivity index (χ3n) is 6.94. The van der Waals surface area contributed by atoms with E-state index in [1.807, 2.05) is 6.92 Å². The summed E-state index contributed by atoms with van der Waals surface area (Å²) in [6, 6.07) is -0.141. The summed E-state index contributed by atoms with van der Waals surface area (Å²) >= 11 is 6.79. The quantitative estimate of drug-likeness (QED) is 0.220. The molecule has 4 heterocycles. The number of aryl methyl sites for hydroxylation is 1. The van der Waals surface area contributed by atoms with Crippen LogP contribution in [0.1, 0.15) is 77.5 Å². The number of carbonyl (C=O) groups is 2. The van der Waals surface area contributed by atoms with E-state index in [1.165, 1.54) is 13.1 Å². The predicted octanol–water partition coefficient (Wildman–Crippen LogP) is 6.47. The highest BCUT2D eigenvalue weighted by atomic mass is 35.5. The summed E-state index contributed by atoms with van der Waals surface area (Å²) in [7, 11) is 0. The van der Waals surface area contributed by atoms with E-state index in [4.69, 9.17) is 17.3 Å². The molecule has 9 nitrogen and oxygen atoms in total. The number of alkyl halides is 5. The van der Waals surface area contributed by atoms with E-state index in [1.54, 1.807) is 11.6 Å². The number of amides is 2. The average Bonchev–Trinajstić information content (AvgIpc) is 3.42. The van der Waals surface area contributed by atoms with Gasteiger partial charge in [-0.15, -0.1) is 11.3 Å². The first-order chi connectivity index (χ1) is 19.2. The minimum atomic E-state index is -4.84. The Bertz CT molecular complexity index is 1690. The van der Waals surface area contributed by atoms with Gasteiger partial charge in [-0.05, 0) is 45.2 Å². The van der Waals surface area contributed by atoms with Crippen LogP contribution in [0.25, 0.3) is 21.3 Å². The third kappa shape index (κ3) is 5.05. The van der Waals surface area contributed by atoms with Crippen molar-refractivity contribution in [3.05, 3.63) is 44.9 Å². The van der Waals surface area contributed by atoms with Gasteiger partial charge >= 0.3 is 6.18 Å². The Labute approximate surface area is 238 Å². The lowest BCUT2D eigenvalue weighted by Crippen LogP contribution is -2.27. The second-order valence-corrected chi connectivity index (χ2v) is 11.0. The van der Waals surface area contributed by atoms with Crippen LogP contribution in [0, 0.1) is 6.92 Å².